The summed E-state index contributed by atoms with van der Waals surface area (Å²) in [5.41, 5.74) is 1.88. The Morgan fingerprint density at radius 2 is 1.65 bits per heavy atom. The predicted octanol–water partition coefficient (Wildman–Crippen LogP) is 3.48. The molecule has 1 heterocycles. The van der Waals surface area contributed by atoms with Gasteiger partial charge in [0.2, 0.25) is 5.75 Å². The van der Waals surface area contributed by atoms with E-state index in [9.17, 15) is 4.79 Å². The third-order valence-electron chi connectivity index (χ3n) is 3.66. The number of rotatable bonds is 6. The fraction of sp³-hybridized carbons (Fsp3) is 0.167. The molecule has 7 nitrogen and oxygen atoms in total. The Morgan fingerprint density at radius 1 is 1.00 bits per heavy atom. The number of methoxy groups -OCH3 is 3. The van der Waals surface area contributed by atoms with Gasteiger partial charge in [-0.25, -0.2) is 0 Å². The van der Waals surface area contributed by atoms with Gasteiger partial charge in [-0.15, -0.1) is 5.10 Å². The second kappa shape index (κ2) is 7.83. The number of carbonyl (C=O) groups excluding carboxylic acids is 1. The first-order chi connectivity index (χ1) is 12.7. The standard InChI is InChI=1S/C18H17N3O4S/c1-23-13-9-12(10-14(24-2)16(13)25-3)19-18(22)17-15(20-21-26-17)11-7-5-4-6-8-11/h4-10H,1-3H3,(H,19,22). The van der Waals surface area contributed by atoms with Crippen molar-refractivity contribution >= 4 is 23.1 Å². The van der Waals surface area contributed by atoms with Gasteiger partial charge in [0.1, 0.15) is 10.6 Å². The molecule has 0 bridgehead atoms. The fourth-order valence-corrected chi connectivity index (χ4v) is 3.05. The molecule has 3 rings (SSSR count). The van der Waals surface area contributed by atoms with Crippen molar-refractivity contribution in [3.8, 4) is 28.5 Å². The lowest BCUT2D eigenvalue weighted by atomic mass is 10.1. The van der Waals surface area contributed by atoms with Gasteiger partial charge in [0.15, 0.2) is 11.5 Å². The van der Waals surface area contributed by atoms with Crippen LogP contribution in [0.4, 0.5) is 5.69 Å². The van der Waals surface area contributed by atoms with Crippen LogP contribution in [0.3, 0.4) is 0 Å². The van der Waals surface area contributed by atoms with Gasteiger partial charge in [-0.1, -0.05) is 34.8 Å². The van der Waals surface area contributed by atoms with Crippen LogP contribution in [0.1, 0.15) is 9.67 Å². The first-order valence-corrected chi connectivity index (χ1v) is 8.44. The number of amides is 1. The van der Waals surface area contributed by atoms with Gasteiger partial charge in [0, 0.05) is 23.4 Å². The Labute approximate surface area is 154 Å². The van der Waals surface area contributed by atoms with E-state index in [1.54, 1.807) is 12.1 Å². The third-order valence-corrected chi connectivity index (χ3v) is 4.39. The SMILES string of the molecule is COc1cc(NC(=O)c2snnc2-c2ccccc2)cc(OC)c1OC. The number of benzene rings is 2. The topological polar surface area (TPSA) is 82.6 Å². The highest BCUT2D eigenvalue weighted by Gasteiger charge is 2.20. The fourth-order valence-electron chi connectivity index (χ4n) is 2.47. The quantitative estimate of drug-likeness (QED) is 0.714. The average Bonchev–Trinajstić information content (AvgIpc) is 3.17. The predicted molar refractivity (Wildman–Crippen MR) is 99.4 cm³/mol. The summed E-state index contributed by atoms with van der Waals surface area (Å²) in [7, 11) is 4.56. The van der Waals surface area contributed by atoms with E-state index in [0.29, 0.717) is 33.5 Å². The van der Waals surface area contributed by atoms with Crippen molar-refractivity contribution in [2.45, 2.75) is 0 Å². The van der Waals surface area contributed by atoms with Gasteiger partial charge in [0.05, 0.1) is 21.3 Å². The van der Waals surface area contributed by atoms with Crippen LogP contribution in [0.15, 0.2) is 42.5 Å². The van der Waals surface area contributed by atoms with E-state index in [4.69, 9.17) is 14.2 Å². The number of nitrogens with one attached hydrogen (secondary N) is 1. The zero-order chi connectivity index (χ0) is 18.5. The molecule has 0 aliphatic heterocycles. The second-order valence-electron chi connectivity index (χ2n) is 5.18. The minimum Gasteiger partial charge on any atom is -0.493 e. The summed E-state index contributed by atoms with van der Waals surface area (Å²) in [5.74, 6) is 1.05. The Morgan fingerprint density at radius 3 is 2.23 bits per heavy atom. The number of nitrogens with zero attached hydrogens (tertiary/aromatic N) is 2. The zero-order valence-corrected chi connectivity index (χ0v) is 15.3. The molecule has 0 aliphatic carbocycles. The van der Waals surface area contributed by atoms with Crippen LogP contribution in [-0.2, 0) is 0 Å². The number of carbonyl (C=O) groups is 1. The molecular formula is C18H17N3O4S. The number of ether oxygens (including phenoxy) is 3. The van der Waals surface area contributed by atoms with Gasteiger partial charge in [-0.2, -0.15) is 0 Å². The molecule has 0 atom stereocenters. The van der Waals surface area contributed by atoms with Crippen molar-refractivity contribution < 1.29 is 19.0 Å². The first kappa shape index (κ1) is 17.7. The van der Waals surface area contributed by atoms with Crippen LogP contribution in [-0.4, -0.2) is 36.8 Å². The molecule has 3 aromatic rings. The summed E-state index contributed by atoms with van der Waals surface area (Å²) in [4.78, 5) is 13.2. The van der Waals surface area contributed by atoms with Crippen LogP contribution in [0.5, 0.6) is 17.2 Å². The minimum absolute atomic E-state index is 0.312. The van der Waals surface area contributed by atoms with Crippen molar-refractivity contribution in [2.75, 3.05) is 26.6 Å². The summed E-state index contributed by atoms with van der Waals surface area (Å²) >= 11 is 1.04. The van der Waals surface area contributed by atoms with E-state index in [0.717, 1.165) is 17.1 Å². The zero-order valence-electron chi connectivity index (χ0n) is 14.5. The van der Waals surface area contributed by atoms with Crippen molar-refractivity contribution in [1.82, 2.24) is 9.59 Å². The van der Waals surface area contributed by atoms with Gasteiger partial charge in [0.25, 0.3) is 5.91 Å². The van der Waals surface area contributed by atoms with Gasteiger partial charge in [-0.3, -0.25) is 4.79 Å². The van der Waals surface area contributed by atoms with Crippen LogP contribution >= 0.6 is 11.5 Å². The van der Waals surface area contributed by atoms with E-state index in [1.165, 1.54) is 21.3 Å². The Bertz CT molecular complexity index is 887. The lowest BCUT2D eigenvalue weighted by Crippen LogP contribution is -2.12. The van der Waals surface area contributed by atoms with Gasteiger partial charge < -0.3 is 19.5 Å². The molecule has 1 amide bonds. The molecule has 0 saturated heterocycles. The largest absolute Gasteiger partial charge is 0.493 e. The molecule has 0 unspecified atom stereocenters. The Balaban J connectivity index is 1.91. The third kappa shape index (κ3) is 3.45. The lowest BCUT2D eigenvalue weighted by Gasteiger charge is -2.14. The van der Waals surface area contributed by atoms with Crippen LogP contribution in [0, 0.1) is 0 Å². The molecule has 26 heavy (non-hydrogen) atoms. The molecule has 2 aromatic carbocycles. The van der Waals surface area contributed by atoms with Crippen molar-refractivity contribution in [3.63, 3.8) is 0 Å². The van der Waals surface area contributed by atoms with Crippen molar-refractivity contribution in [3.05, 3.63) is 47.3 Å². The van der Waals surface area contributed by atoms with E-state index in [2.05, 4.69) is 14.9 Å². The maximum Gasteiger partial charge on any atom is 0.269 e. The van der Waals surface area contributed by atoms with Crippen molar-refractivity contribution in [2.24, 2.45) is 0 Å². The Hall–Kier alpha value is -3.13. The highest BCUT2D eigenvalue weighted by molar-refractivity contribution is 7.08. The molecule has 134 valence electrons. The monoisotopic (exact) mass is 371 g/mol. The molecule has 1 N–H and O–H groups in total. The summed E-state index contributed by atoms with van der Waals surface area (Å²) in [6.07, 6.45) is 0. The van der Waals surface area contributed by atoms with Crippen LogP contribution < -0.4 is 19.5 Å². The number of aromatic nitrogens is 2. The summed E-state index contributed by atoms with van der Waals surface area (Å²) in [6, 6.07) is 12.8. The van der Waals surface area contributed by atoms with E-state index in [-0.39, 0.29) is 5.91 Å². The molecule has 8 heteroatoms. The van der Waals surface area contributed by atoms with Gasteiger partial charge in [-0.05, 0) is 11.5 Å². The summed E-state index contributed by atoms with van der Waals surface area (Å²) in [6.45, 7) is 0. The molecule has 0 aliphatic rings. The molecule has 0 radical (unpaired) electrons. The maximum atomic E-state index is 12.7. The van der Waals surface area contributed by atoms with Crippen LogP contribution in [0.2, 0.25) is 0 Å². The second-order valence-corrected chi connectivity index (χ2v) is 5.94. The number of hydrogen-bond donors (Lipinski definition) is 1. The molecular weight excluding hydrogens is 354 g/mol. The molecule has 0 saturated carbocycles. The van der Waals surface area contributed by atoms with E-state index < -0.39 is 0 Å². The maximum absolute atomic E-state index is 12.7. The summed E-state index contributed by atoms with van der Waals surface area (Å²) in [5, 5.41) is 6.91. The smallest absolute Gasteiger partial charge is 0.269 e. The average molecular weight is 371 g/mol. The van der Waals surface area contributed by atoms with E-state index >= 15 is 0 Å². The first-order valence-electron chi connectivity index (χ1n) is 7.67. The molecule has 0 spiro atoms. The Kier molecular flexibility index (Phi) is 5.33. The van der Waals surface area contributed by atoms with E-state index in [1.807, 2.05) is 30.3 Å². The number of hydrogen-bond acceptors (Lipinski definition) is 7. The molecule has 1 aromatic heterocycles. The van der Waals surface area contributed by atoms with Gasteiger partial charge >= 0.3 is 0 Å². The summed E-state index contributed by atoms with van der Waals surface area (Å²) < 4.78 is 19.8. The number of anilines is 1. The lowest BCUT2D eigenvalue weighted by molar-refractivity contribution is 0.103. The highest BCUT2D eigenvalue weighted by atomic mass is 32.1. The van der Waals surface area contributed by atoms with Crippen molar-refractivity contribution in [1.29, 1.82) is 0 Å². The molecule has 0 fully saturated rings. The van der Waals surface area contributed by atoms with Crippen LogP contribution in [0.25, 0.3) is 11.3 Å². The normalized spacial score (nSPS) is 10.3. The highest BCUT2D eigenvalue weighted by Crippen LogP contribution is 2.40. The minimum atomic E-state index is -0.312.